The maximum absolute atomic E-state index is 13.2. The third-order valence-electron chi connectivity index (χ3n) is 6.86. The van der Waals surface area contributed by atoms with E-state index in [1.165, 1.54) is 16.7 Å². The third kappa shape index (κ3) is 5.57. The molecule has 0 amide bonds. The van der Waals surface area contributed by atoms with Crippen LogP contribution in [0.1, 0.15) is 68.7 Å². The first-order chi connectivity index (χ1) is 17.0. The molecule has 0 aliphatic rings. The van der Waals surface area contributed by atoms with Gasteiger partial charge in [0.25, 0.3) is 5.56 Å². The number of tetrazole rings is 1. The molecule has 0 saturated carbocycles. The molecule has 7 nitrogen and oxygen atoms in total. The van der Waals surface area contributed by atoms with Crippen LogP contribution in [0.3, 0.4) is 0 Å². The maximum Gasteiger partial charge on any atom is 0.252 e. The Bertz CT molecular complexity index is 1380. The van der Waals surface area contributed by atoms with Gasteiger partial charge in [-0.3, -0.25) is 9.69 Å². The Labute approximate surface area is 213 Å². The lowest BCUT2D eigenvalue weighted by Crippen LogP contribution is -2.39. The molecule has 4 rings (SSSR count). The van der Waals surface area contributed by atoms with E-state index in [4.69, 9.17) is 0 Å². The highest BCUT2D eigenvalue weighted by Crippen LogP contribution is 2.31. The van der Waals surface area contributed by atoms with Crippen LogP contribution in [-0.4, -0.2) is 36.6 Å². The van der Waals surface area contributed by atoms with Gasteiger partial charge in [0, 0.05) is 24.2 Å². The fraction of sp³-hybridized carbons (Fsp3) is 0.448. The number of nitrogens with zero attached hydrogens (tertiary/aromatic N) is 5. The molecule has 0 saturated heterocycles. The Morgan fingerprint density at radius 2 is 1.72 bits per heavy atom. The number of nitrogens with one attached hydrogen (secondary N) is 1. The third-order valence-corrected chi connectivity index (χ3v) is 6.86. The molecule has 36 heavy (non-hydrogen) atoms. The number of aryl methyl sites for hydroxylation is 2. The van der Waals surface area contributed by atoms with Gasteiger partial charge < -0.3 is 4.98 Å². The monoisotopic (exact) mass is 486 g/mol. The standard InChI is InChI=1S/C29H38N6O/c1-19(2)26(27-31-32-33-35(27)29(5,6)7)34(14-13-22-11-9-8-10-12-22)18-24-17-23-15-20(3)21(4)16-25(23)30-28(24)36/h8-12,15-17,19,26H,13-14,18H2,1-7H3,(H,30,36)/t26-/m0/s1. The lowest BCUT2D eigenvalue weighted by molar-refractivity contribution is 0.129. The van der Waals surface area contributed by atoms with E-state index in [0.717, 1.165) is 35.3 Å². The summed E-state index contributed by atoms with van der Waals surface area (Å²) in [6.07, 6.45) is 0.866. The first kappa shape index (κ1) is 25.8. The Kier molecular flexibility index (Phi) is 7.41. The summed E-state index contributed by atoms with van der Waals surface area (Å²) in [5, 5.41) is 13.9. The Balaban J connectivity index is 1.76. The summed E-state index contributed by atoms with van der Waals surface area (Å²) < 4.78 is 1.92. The van der Waals surface area contributed by atoms with Crippen molar-refractivity contribution in [3.8, 4) is 0 Å². The number of benzene rings is 2. The minimum atomic E-state index is -0.257. The molecule has 0 spiro atoms. The van der Waals surface area contributed by atoms with Gasteiger partial charge in [-0.25, -0.2) is 4.68 Å². The van der Waals surface area contributed by atoms with Crippen LogP contribution in [0, 0.1) is 19.8 Å². The number of hydrogen-bond donors (Lipinski definition) is 1. The molecule has 0 aliphatic heterocycles. The normalized spacial score (nSPS) is 13.1. The van der Waals surface area contributed by atoms with Crippen LogP contribution >= 0.6 is 0 Å². The van der Waals surface area contributed by atoms with Gasteiger partial charge in [0.1, 0.15) is 0 Å². The van der Waals surface area contributed by atoms with Crippen molar-refractivity contribution in [2.45, 2.75) is 73.0 Å². The van der Waals surface area contributed by atoms with Gasteiger partial charge >= 0.3 is 0 Å². The highest BCUT2D eigenvalue weighted by atomic mass is 16.1. The SMILES string of the molecule is Cc1cc2cc(CN(CCc3ccccc3)[C@H](c3nnnn3C(C)(C)C)C(C)C)c(=O)[nH]c2cc1C. The van der Waals surface area contributed by atoms with Crippen molar-refractivity contribution in [3.05, 3.63) is 87.0 Å². The van der Waals surface area contributed by atoms with Crippen molar-refractivity contribution in [1.29, 1.82) is 0 Å². The molecule has 0 radical (unpaired) electrons. The van der Waals surface area contributed by atoms with E-state index in [1.807, 2.05) is 16.8 Å². The lowest BCUT2D eigenvalue weighted by atomic mass is 9.98. The Morgan fingerprint density at radius 3 is 2.39 bits per heavy atom. The summed E-state index contributed by atoms with van der Waals surface area (Å²) in [6, 6.07) is 16.7. The number of H-pyrrole nitrogens is 1. The molecule has 1 N–H and O–H groups in total. The van der Waals surface area contributed by atoms with Gasteiger partial charge in [0.15, 0.2) is 5.82 Å². The van der Waals surface area contributed by atoms with Crippen molar-refractivity contribution < 1.29 is 0 Å². The zero-order valence-corrected chi connectivity index (χ0v) is 22.5. The summed E-state index contributed by atoms with van der Waals surface area (Å²) in [4.78, 5) is 18.7. The van der Waals surface area contributed by atoms with E-state index in [0.29, 0.717) is 6.54 Å². The number of pyridine rings is 1. The molecule has 1 atom stereocenters. The summed E-state index contributed by atoms with van der Waals surface area (Å²) >= 11 is 0. The van der Waals surface area contributed by atoms with Crippen LogP contribution in [-0.2, 0) is 18.5 Å². The van der Waals surface area contributed by atoms with Crippen molar-refractivity contribution in [1.82, 2.24) is 30.1 Å². The number of rotatable bonds is 8. The van der Waals surface area contributed by atoms with Crippen molar-refractivity contribution in [2.75, 3.05) is 6.54 Å². The van der Waals surface area contributed by atoms with Crippen LogP contribution in [0.2, 0.25) is 0 Å². The van der Waals surface area contributed by atoms with Crippen LogP contribution in [0.4, 0.5) is 0 Å². The van der Waals surface area contributed by atoms with Crippen LogP contribution in [0.15, 0.2) is 53.3 Å². The molecular formula is C29H38N6O. The van der Waals surface area contributed by atoms with E-state index in [1.54, 1.807) is 0 Å². The molecule has 7 heteroatoms. The van der Waals surface area contributed by atoms with E-state index in [9.17, 15) is 4.79 Å². The first-order valence-electron chi connectivity index (χ1n) is 12.7. The molecule has 0 unspecified atom stereocenters. The topological polar surface area (TPSA) is 79.7 Å². The predicted octanol–water partition coefficient (Wildman–Crippen LogP) is 5.33. The van der Waals surface area contributed by atoms with Gasteiger partial charge in [0.2, 0.25) is 0 Å². The quantitative estimate of drug-likeness (QED) is 0.364. The Hall–Kier alpha value is -3.32. The van der Waals surface area contributed by atoms with Gasteiger partial charge in [-0.05, 0) is 97.7 Å². The van der Waals surface area contributed by atoms with Crippen molar-refractivity contribution in [3.63, 3.8) is 0 Å². The molecular weight excluding hydrogens is 448 g/mol. The predicted molar refractivity (Wildman–Crippen MR) is 145 cm³/mol. The van der Waals surface area contributed by atoms with Gasteiger partial charge in [-0.15, -0.1) is 5.10 Å². The van der Waals surface area contributed by atoms with E-state index in [2.05, 4.69) is 110 Å². The molecule has 2 aromatic heterocycles. The maximum atomic E-state index is 13.2. The molecule has 0 bridgehead atoms. The number of aromatic nitrogens is 5. The van der Waals surface area contributed by atoms with Crippen LogP contribution in [0.5, 0.6) is 0 Å². The molecule has 190 valence electrons. The van der Waals surface area contributed by atoms with Crippen molar-refractivity contribution in [2.24, 2.45) is 5.92 Å². The highest BCUT2D eigenvalue weighted by Gasteiger charge is 2.32. The average molecular weight is 487 g/mol. The second-order valence-corrected chi connectivity index (χ2v) is 11.2. The zero-order valence-electron chi connectivity index (χ0n) is 22.5. The minimum Gasteiger partial charge on any atom is -0.322 e. The van der Waals surface area contributed by atoms with Crippen molar-refractivity contribution >= 4 is 10.9 Å². The Morgan fingerprint density at radius 1 is 1.03 bits per heavy atom. The minimum absolute atomic E-state index is 0.0478. The van der Waals surface area contributed by atoms with Gasteiger partial charge in [-0.1, -0.05) is 44.2 Å². The second kappa shape index (κ2) is 10.3. The number of hydrogen-bond acceptors (Lipinski definition) is 5. The zero-order chi connectivity index (χ0) is 26.0. The summed E-state index contributed by atoms with van der Waals surface area (Å²) in [5.74, 6) is 1.06. The smallest absolute Gasteiger partial charge is 0.252 e. The number of fused-ring (bicyclic) bond motifs is 1. The average Bonchev–Trinajstić information content (AvgIpc) is 3.30. The highest BCUT2D eigenvalue weighted by molar-refractivity contribution is 5.80. The largest absolute Gasteiger partial charge is 0.322 e. The molecule has 2 aromatic carbocycles. The summed E-state index contributed by atoms with van der Waals surface area (Å²) in [6.45, 7) is 16.2. The lowest BCUT2D eigenvalue weighted by Gasteiger charge is -2.35. The molecule has 4 aromatic rings. The fourth-order valence-corrected chi connectivity index (χ4v) is 4.83. The van der Waals surface area contributed by atoms with E-state index < -0.39 is 0 Å². The second-order valence-electron chi connectivity index (χ2n) is 11.2. The summed E-state index contributed by atoms with van der Waals surface area (Å²) in [7, 11) is 0. The fourth-order valence-electron chi connectivity index (χ4n) is 4.83. The first-order valence-corrected chi connectivity index (χ1v) is 12.7. The van der Waals surface area contributed by atoms with Gasteiger partial charge in [-0.2, -0.15) is 0 Å². The molecule has 2 heterocycles. The van der Waals surface area contributed by atoms with E-state index in [-0.39, 0.29) is 23.1 Å². The summed E-state index contributed by atoms with van der Waals surface area (Å²) in [5.41, 5.74) is 4.97. The molecule has 0 aliphatic carbocycles. The number of aromatic amines is 1. The van der Waals surface area contributed by atoms with E-state index >= 15 is 0 Å². The molecule has 0 fully saturated rings. The van der Waals surface area contributed by atoms with Crippen LogP contribution in [0.25, 0.3) is 10.9 Å². The van der Waals surface area contributed by atoms with Crippen LogP contribution < -0.4 is 5.56 Å². The van der Waals surface area contributed by atoms with Gasteiger partial charge in [0.05, 0.1) is 11.6 Å².